The summed E-state index contributed by atoms with van der Waals surface area (Å²) in [5.41, 5.74) is -5.17. The largest absolute Gasteiger partial charge is 0.534 e. The van der Waals surface area contributed by atoms with Crippen LogP contribution < -0.4 is 14.2 Å². The van der Waals surface area contributed by atoms with Gasteiger partial charge in [-0.25, -0.2) is 13.2 Å². The van der Waals surface area contributed by atoms with Crippen LogP contribution in [-0.4, -0.2) is 83.8 Å². The number of rotatable bonds is 13. The number of nitroso groups, excluding NO2 is 1. The molecule has 13 nitrogen and oxygen atoms in total. The van der Waals surface area contributed by atoms with Gasteiger partial charge >= 0.3 is 21.7 Å². The fourth-order valence-corrected chi connectivity index (χ4v) is 6.07. The molecule has 18 heteroatoms. The zero-order valence-electron chi connectivity index (χ0n) is 26.6. The van der Waals surface area contributed by atoms with Gasteiger partial charge in [-0.3, -0.25) is 0 Å². The van der Waals surface area contributed by atoms with E-state index >= 15 is 0 Å². The number of sulfonamides is 1. The van der Waals surface area contributed by atoms with Gasteiger partial charge in [-0.2, -0.15) is 25.9 Å². The molecule has 3 rings (SSSR count). The van der Waals surface area contributed by atoms with Crippen molar-refractivity contribution < 1.29 is 53.6 Å². The van der Waals surface area contributed by atoms with E-state index in [9.17, 15) is 39.7 Å². The molecule has 2 amide bonds. The topological polar surface area (TPSA) is 178 Å². The van der Waals surface area contributed by atoms with Crippen molar-refractivity contribution >= 4 is 26.2 Å². The van der Waals surface area contributed by atoms with Crippen molar-refractivity contribution in [2.24, 2.45) is 11.1 Å². The molecule has 0 spiro atoms. The summed E-state index contributed by atoms with van der Waals surface area (Å²) in [4.78, 5) is 22.4. The monoisotopic (exact) mass is 713 g/mol. The summed E-state index contributed by atoms with van der Waals surface area (Å²) >= 11 is 0. The maximum absolute atomic E-state index is 13.3. The van der Waals surface area contributed by atoms with Crippen LogP contribution in [0.3, 0.4) is 0 Å². The van der Waals surface area contributed by atoms with Crippen LogP contribution in [0.25, 0.3) is 0 Å². The Morgan fingerprint density at radius 3 is 1.98 bits per heavy atom. The van der Waals surface area contributed by atoms with E-state index in [4.69, 9.17) is 14.6 Å². The second-order valence-electron chi connectivity index (χ2n) is 10.4. The summed E-state index contributed by atoms with van der Waals surface area (Å²) in [5, 5.41) is 12.2. The van der Waals surface area contributed by atoms with Gasteiger partial charge in [0, 0.05) is 44.1 Å². The molecule has 266 valence electrons. The maximum Gasteiger partial charge on any atom is 0.534 e. The van der Waals surface area contributed by atoms with E-state index in [1.54, 1.807) is 6.92 Å². The molecule has 0 unspecified atom stereocenters. The highest BCUT2D eigenvalue weighted by Crippen LogP contribution is 2.27. The van der Waals surface area contributed by atoms with Crippen LogP contribution in [0.5, 0.6) is 11.5 Å². The average molecular weight is 714 g/mol. The van der Waals surface area contributed by atoms with Gasteiger partial charge in [0.2, 0.25) is 10.0 Å². The molecular weight excluding hydrogens is 671 g/mol. The second-order valence-corrected chi connectivity index (χ2v) is 13.9. The third kappa shape index (κ3) is 15.0. The first-order valence-corrected chi connectivity index (χ1v) is 17.4. The van der Waals surface area contributed by atoms with E-state index in [0.717, 1.165) is 25.3 Å². The Bertz CT molecular complexity index is 1430. The molecule has 0 aliphatic carbocycles. The number of carbonyl (C=O) groups excluding carboxylic acids is 1. The Labute approximate surface area is 273 Å². The smallest absolute Gasteiger partial charge is 0.497 e. The fraction of sp³-hybridized carbons (Fsp3) is 0.552. The predicted molar refractivity (Wildman–Crippen MR) is 168 cm³/mol. The van der Waals surface area contributed by atoms with Crippen molar-refractivity contribution in [3.63, 3.8) is 0 Å². The Morgan fingerprint density at radius 2 is 1.55 bits per heavy atom. The van der Waals surface area contributed by atoms with Crippen LogP contribution in [0.4, 0.5) is 18.0 Å². The summed E-state index contributed by atoms with van der Waals surface area (Å²) in [6.07, 6.45) is 2.62. The second kappa shape index (κ2) is 20.1. The van der Waals surface area contributed by atoms with E-state index in [1.165, 1.54) is 60.7 Å². The number of hydrogen-bond acceptors (Lipinski definition) is 10. The number of urea groups is 1. The van der Waals surface area contributed by atoms with E-state index in [1.807, 2.05) is 13.8 Å². The number of nitrogens with one attached hydrogen (secondary N) is 1. The van der Waals surface area contributed by atoms with Gasteiger partial charge in [-0.15, -0.1) is 4.91 Å². The number of nitrogens with zero attached hydrogens (tertiary/aromatic N) is 2. The Morgan fingerprint density at radius 1 is 1.02 bits per heavy atom. The minimum atomic E-state index is -5.85. The van der Waals surface area contributed by atoms with Crippen LogP contribution in [0.2, 0.25) is 0 Å². The quantitative estimate of drug-likeness (QED) is 0.166. The van der Waals surface area contributed by atoms with Crippen molar-refractivity contribution in [3.05, 3.63) is 59.0 Å². The van der Waals surface area contributed by atoms with Crippen LogP contribution >= 0.6 is 0 Å². The van der Waals surface area contributed by atoms with Crippen molar-refractivity contribution in [1.29, 1.82) is 0 Å². The van der Waals surface area contributed by atoms with Gasteiger partial charge in [-0.1, -0.05) is 26.0 Å². The minimum absolute atomic E-state index is 0.0195. The SMILES string of the molecule is C1CCOC1.CCO.COc1ccc(S(=O)(=O)N(CC[C@H](Cc2ccc(OS(=O)(=O)C(F)(F)F)cc2)NC(=O)N=O)CC(C)C)cc1. The van der Waals surface area contributed by atoms with Gasteiger partial charge in [0.05, 0.1) is 12.0 Å². The molecular formula is C29H42F3N3O10S2. The number of alkyl halides is 3. The van der Waals surface area contributed by atoms with Crippen molar-refractivity contribution in [2.45, 2.75) is 62.9 Å². The number of benzene rings is 2. The first kappa shape index (κ1) is 41.7. The van der Waals surface area contributed by atoms with E-state index in [2.05, 4.69) is 14.7 Å². The number of aliphatic hydroxyl groups excluding tert-OH is 1. The lowest BCUT2D eigenvalue weighted by Crippen LogP contribution is -2.41. The van der Waals surface area contributed by atoms with Crippen LogP contribution in [-0.2, 0) is 31.3 Å². The molecule has 0 bridgehead atoms. The Balaban J connectivity index is 0.00000121. The molecule has 47 heavy (non-hydrogen) atoms. The molecule has 1 heterocycles. The molecule has 1 fully saturated rings. The maximum atomic E-state index is 13.3. The number of carbonyl (C=O) groups is 1. The zero-order chi connectivity index (χ0) is 35.7. The molecule has 0 aromatic heterocycles. The highest BCUT2D eigenvalue weighted by Gasteiger charge is 2.48. The molecule has 1 aliphatic rings. The third-order valence-electron chi connectivity index (χ3n) is 6.13. The number of ether oxygens (including phenoxy) is 2. The fourth-order valence-electron chi connectivity index (χ4n) is 3.99. The van der Waals surface area contributed by atoms with Gasteiger partial charge in [0.25, 0.3) is 0 Å². The van der Waals surface area contributed by atoms with Gasteiger partial charge in [-0.05, 0) is 80.5 Å². The summed E-state index contributed by atoms with van der Waals surface area (Å²) in [7, 11) is -8.35. The Kier molecular flexibility index (Phi) is 17.9. The standard InChI is InChI=1S/C23H28F3N3O8S2.C4H8O.C2H6O/c1-16(2)15-29(38(32,33)21-10-8-19(36-3)9-11-21)13-12-18(27-22(30)28-31)14-17-4-6-20(7-5-17)37-39(34,35)23(24,25)26;1-2-4-5-3-1;1-2-3/h4-11,16,18H,12-15H2,1-3H3,(H,27,30);1-4H2;3H,2H2,1H3/t18-;;/m1../s1. The van der Waals surface area contributed by atoms with E-state index in [-0.39, 0.29) is 43.4 Å². The molecule has 0 radical (unpaired) electrons. The number of halogens is 3. The van der Waals surface area contributed by atoms with Crippen molar-refractivity contribution in [3.8, 4) is 11.5 Å². The lowest BCUT2D eigenvalue weighted by Gasteiger charge is -2.26. The first-order chi connectivity index (χ1) is 22.0. The average Bonchev–Trinajstić information content (AvgIpc) is 3.60. The molecule has 1 saturated heterocycles. The van der Waals surface area contributed by atoms with E-state index in [0.29, 0.717) is 11.3 Å². The molecule has 2 aromatic rings. The number of hydrogen-bond donors (Lipinski definition) is 2. The van der Waals surface area contributed by atoms with Crippen LogP contribution in [0.15, 0.2) is 58.6 Å². The molecule has 1 atom stereocenters. The number of methoxy groups -OCH3 is 1. The number of amides is 2. The molecule has 2 aromatic carbocycles. The molecule has 2 N–H and O–H groups in total. The summed E-state index contributed by atoms with van der Waals surface area (Å²) in [6, 6.07) is 8.36. The minimum Gasteiger partial charge on any atom is -0.497 e. The van der Waals surface area contributed by atoms with Gasteiger partial charge in [0.15, 0.2) is 0 Å². The summed E-state index contributed by atoms with van der Waals surface area (Å²) in [6.45, 7) is 7.69. The highest BCUT2D eigenvalue weighted by molar-refractivity contribution is 7.89. The molecule has 1 aliphatic heterocycles. The lowest BCUT2D eigenvalue weighted by atomic mass is 10.0. The predicted octanol–water partition coefficient (Wildman–Crippen LogP) is 4.84. The van der Waals surface area contributed by atoms with Crippen molar-refractivity contribution in [2.75, 3.05) is 40.0 Å². The van der Waals surface area contributed by atoms with Crippen LogP contribution in [0, 0.1) is 10.8 Å². The molecule has 0 saturated carbocycles. The van der Waals surface area contributed by atoms with E-state index < -0.39 is 43.5 Å². The lowest BCUT2D eigenvalue weighted by molar-refractivity contribution is -0.0500. The summed E-state index contributed by atoms with van der Waals surface area (Å²) < 4.78 is 102. The van der Waals surface area contributed by atoms with Crippen LogP contribution in [0.1, 0.15) is 45.6 Å². The number of aliphatic hydroxyl groups is 1. The van der Waals surface area contributed by atoms with Crippen molar-refractivity contribution in [1.82, 2.24) is 9.62 Å². The third-order valence-corrected chi connectivity index (χ3v) is 8.98. The first-order valence-electron chi connectivity index (χ1n) is 14.6. The van der Waals surface area contributed by atoms with Gasteiger partial charge < -0.3 is 24.1 Å². The normalized spacial score (nSPS) is 13.9. The van der Waals surface area contributed by atoms with Gasteiger partial charge in [0.1, 0.15) is 11.5 Å². The zero-order valence-corrected chi connectivity index (χ0v) is 28.2. The Hall–Kier alpha value is -3.32. The summed E-state index contributed by atoms with van der Waals surface area (Å²) in [5.74, 6) is -0.163. The highest BCUT2D eigenvalue weighted by atomic mass is 32.2.